The van der Waals surface area contributed by atoms with Crippen molar-refractivity contribution in [2.75, 3.05) is 19.0 Å². The molecule has 110 valence electrons. The number of nitrogens with one attached hydrogen (secondary N) is 1. The van der Waals surface area contributed by atoms with Gasteiger partial charge in [-0.15, -0.1) is 0 Å². The van der Waals surface area contributed by atoms with Gasteiger partial charge in [-0.3, -0.25) is 0 Å². The van der Waals surface area contributed by atoms with Gasteiger partial charge in [-0.05, 0) is 54.2 Å². The molecule has 3 rings (SSSR count). The van der Waals surface area contributed by atoms with Crippen LogP contribution >= 0.6 is 11.6 Å². The summed E-state index contributed by atoms with van der Waals surface area (Å²) in [5, 5.41) is 4.52. The lowest BCUT2D eigenvalue weighted by Gasteiger charge is -2.18. The molecule has 1 atom stereocenters. The summed E-state index contributed by atoms with van der Waals surface area (Å²) in [5.74, 6) is 0. The van der Waals surface area contributed by atoms with Crippen LogP contribution in [0.2, 0.25) is 5.02 Å². The Kier molecular flexibility index (Phi) is 4.47. The van der Waals surface area contributed by atoms with Gasteiger partial charge in [-0.25, -0.2) is 0 Å². The van der Waals surface area contributed by atoms with Crippen molar-refractivity contribution in [1.29, 1.82) is 0 Å². The largest absolute Gasteiger partial charge is 0.384 e. The van der Waals surface area contributed by atoms with Crippen molar-refractivity contribution in [3.63, 3.8) is 0 Å². The van der Waals surface area contributed by atoms with Crippen molar-refractivity contribution < 1.29 is 4.74 Å². The fourth-order valence-electron chi connectivity index (χ4n) is 3.01. The molecule has 0 saturated carbocycles. The summed E-state index contributed by atoms with van der Waals surface area (Å²) < 4.78 is 5.20. The van der Waals surface area contributed by atoms with Crippen LogP contribution in [0.1, 0.15) is 29.2 Å². The van der Waals surface area contributed by atoms with Gasteiger partial charge in [0.15, 0.2) is 0 Å². The van der Waals surface area contributed by atoms with Crippen LogP contribution in [0.5, 0.6) is 0 Å². The van der Waals surface area contributed by atoms with E-state index in [-0.39, 0.29) is 0 Å². The molecule has 0 aliphatic heterocycles. The first-order chi connectivity index (χ1) is 10.3. The van der Waals surface area contributed by atoms with Gasteiger partial charge in [0.2, 0.25) is 0 Å². The van der Waals surface area contributed by atoms with Crippen LogP contribution in [-0.2, 0) is 17.6 Å². The van der Waals surface area contributed by atoms with Gasteiger partial charge in [0.1, 0.15) is 0 Å². The molecule has 0 radical (unpaired) electrons. The Morgan fingerprint density at radius 3 is 2.95 bits per heavy atom. The highest BCUT2D eigenvalue weighted by atomic mass is 35.5. The highest BCUT2D eigenvalue weighted by Gasteiger charge is 2.22. The van der Waals surface area contributed by atoms with E-state index in [4.69, 9.17) is 16.3 Å². The number of anilines is 1. The van der Waals surface area contributed by atoms with Crippen molar-refractivity contribution >= 4 is 17.3 Å². The Labute approximate surface area is 131 Å². The molecule has 21 heavy (non-hydrogen) atoms. The molecule has 1 aliphatic rings. The Morgan fingerprint density at radius 1 is 1.24 bits per heavy atom. The maximum atomic E-state index is 6.08. The molecule has 2 aromatic carbocycles. The molecule has 0 amide bonds. The number of halogens is 1. The molecule has 0 saturated heterocycles. The number of ether oxygens (including phenoxy) is 1. The predicted molar refractivity (Wildman–Crippen MR) is 88.2 cm³/mol. The van der Waals surface area contributed by atoms with Crippen molar-refractivity contribution in [2.24, 2.45) is 0 Å². The average Bonchev–Trinajstić information content (AvgIpc) is 2.88. The number of para-hydroxylation sites is 1. The van der Waals surface area contributed by atoms with Crippen molar-refractivity contribution in [1.82, 2.24) is 0 Å². The molecule has 2 aromatic rings. The lowest BCUT2D eigenvalue weighted by atomic mass is 10.1. The third-order valence-electron chi connectivity index (χ3n) is 4.11. The summed E-state index contributed by atoms with van der Waals surface area (Å²) in [6, 6.07) is 15.1. The monoisotopic (exact) mass is 301 g/mol. The molecule has 0 aromatic heterocycles. The maximum Gasteiger partial charge on any atom is 0.0519 e. The summed E-state index contributed by atoms with van der Waals surface area (Å²) in [5.41, 5.74) is 5.26. The molecular weight excluding hydrogens is 282 g/mol. The number of hydrogen-bond acceptors (Lipinski definition) is 2. The second-order valence-electron chi connectivity index (χ2n) is 5.48. The first kappa shape index (κ1) is 14.4. The van der Waals surface area contributed by atoms with Gasteiger partial charge < -0.3 is 10.1 Å². The smallest absolute Gasteiger partial charge is 0.0519 e. The fourth-order valence-corrected chi connectivity index (χ4v) is 3.21. The quantitative estimate of drug-likeness (QED) is 0.869. The van der Waals surface area contributed by atoms with Gasteiger partial charge in [-0.2, -0.15) is 0 Å². The summed E-state index contributed by atoms with van der Waals surface area (Å²) in [4.78, 5) is 0. The molecule has 0 heterocycles. The summed E-state index contributed by atoms with van der Waals surface area (Å²) in [6.07, 6.45) is 3.14. The van der Waals surface area contributed by atoms with Crippen molar-refractivity contribution in [3.8, 4) is 0 Å². The van der Waals surface area contributed by atoms with Crippen LogP contribution in [-0.4, -0.2) is 13.7 Å². The summed E-state index contributed by atoms with van der Waals surface area (Å²) >= 11 is 6.08. The minimum atomic E-state index is 0.376. The first-order valence-corrected chi connectivity index (χ1v) is 7.77. The van der Waals surface area contributed by atoms with E-state index in [9.17, 15) is 0 Å². The number of fused-ring (bicyclic) bond motifs is 1. The van der Waals surface area contributed by atoms with Gasteiger partial charge in [0.05, 0.1) is 12.6 Å². The zero-order chi connectivity index (χ0) is 14.7. The van der Waals surface area contributed by atoms with Crippen LogP contribution in [0.15, 0.2) is 42.5 Å². The lowest BCUT2D eigenvalue weighted by Crippen LogP contribution is -2.09. The van der Waals surface area contributed by atoms with Gasteiger partial charge in [0.25, 0.3) is 0 Å². The number of hydrogen-bond donors (Lipinski definition) is 1. The van der Waals surface area contributed by atoms with E-state index in [1.165, 1.54) is 22.4 Å². The second kappa shape index (κ2) is 6.50. The van der Waals surface area contributed by atoms with Crippen molar-refractivity contribution in [3.05, 3.63) is 64.2 Å². The molecular formula is C18H20ClNO. The van der Waals surface area contributed by atoms with E-state index >= 15 is 0 Å². The molecule has 2 nitrogen and oxygen atoms in total. The van der Waals surface area contributed by atoms with E-state index < -0.39 is 0 Å². The second-order valence-corrected chi connectivity index (χ2v) is 5.92. The van der Waals surface area contributed by atoms with E-state index in [1.54, 1.807) is 7.11 Å². The minimum absolute atomic E-state index is 0.376. The molecule has 1 N–H and O–H groups in total. The van der Waals surface area contributed by atoms with Gasteiger partial charge in [0, 0.05) is 17.8 Å². The zero-order valence-corrected chi connectivity index (χ0v) is 13.0. The third kappa shape index (κ3) is 3.22. The van der Waals surface area contributed by atoms with Gasteiger partial charge in [-0.1, -0.05) is 35.9 Å². The number of aryl methyl sites for hydroxylation is 1. The molecule has 0 bridgehead atoms. The SMILES string of the molecule is COCCc1ccccc1NC1CCc2cc(Cl)ccc21. The molecule has 0 spiro atoms. The third-order valence-corrected chi connectivity index (χ3v) is 4.34. The van der Waals surface area contributed by atoms with E-state index in [0.29, 0.717) is 6.04 Å². The number of benzene rings is 2. The van der Waals surface area contributed by atoms with Gasteiger partial charge >= 0.3 is 0 Å². The van der Waals surface area contributed by atoms with Crippen LogP contribution < -0.4 is 5.32 Å². The number of rotatable bonds is 5. The molecule has 1 unspecified atom stereocenters. The molecule has 3 heteroatoms. The Bertz CT molecular complexity index is 626. The zero-order valence-electron chi connectivity index (χ0n) is 12.2. The normalized spacial score (nSPS) is 16.8. The van der Waals surface area contributed by atoms with E-state index in [1.807, 2.05) is 6.07 Å². The Balaban J connectivity index is 1.80. The van der Waals surface area contributed by atoms with Crippen LogP contribution in [0, 0.1) is 0 Å². The standard InChI is InChI=1S/C18H20ClNO/c1-21-11-10-13-4-2-3-5-17(13)20-18-9-6-14-12-15(19)7-8-16(14)18/h2-5,7-8,12,18,20H,6,9-11H2,1H3. The minimum Gasteiger partial charge on any atom is -0.384 e. The average molecular weight is 302 g/mol. The molecule has 0 fully saturated rings. The summed E-state index contributed by atoms with van der Waals surface area (Å²) in [7, 11) is 1.74. The van der Waals surface area contributed by atoms with Crippen LogP contribution in [0.25, 0.3) is 0 Å². The predicted octanol–water partition coefficient (Wildman–Crippen LogP) is 4.63. The van der Waals surface area contributed by atoms with Crippen LogP contribution in [0.4, 0.5) is 5.69 Å². The summed E-state index contributed by atoms with van der Waals surface area (Å²) in [6.45, 7) is 0.746. The van der Waals surface area contributed by atoms with E-state index in [0.717, 1.165) is 30.9 Å². The number of methoxy groups -OCH3 is 1. The Morgan fingerprint density at radius 2 is 2.10 bits per heavy atom. The maximum absolute atomic E-state index is 6.08. The molecule has 1 aliphatic carbocycles. The topological polar surface area (TPSA) is 21.3 Å². The van der Waals surface area contributed by atoms with Crippen LogP contribution in [0.3, 0.4) is 0 Å². The highest BCUT2D eigenvalue weighted by Crippen LogP contribution is 2.35. The highest BCUT2D eigenvalue weighted by molar-refractivity contribution is 6.30. The van der Waals surface area contributed by atoms with Crippen molar-refractivity contribution in [2.45, 2.75) is 25.3 Å². The Hall–Kier alpha value is -1.51. The van der Waals surface area contributed by atoms with E-state index in [2.05, 4.69) is 41.7 Å². The fraction of sp³-hybridized carbons (Fsp3) is 0.333. The first-order valence-electron chi connectivity index (χ1n) is 7.39. The lowest BCUT2D eigenvalue weighted by molar-refractivity contribution is 0.202.